The van der Waals surface area contributed by atoms with Crippen LogP contribution in [0.1, 0.15) is 39.5 Å². The van der Waals surface area contributed by atoms with Crippen molar-refractivity contribution in [3.05, 3.63) is 0 Å². The first-order valence-electron chi connectivity index (χ1n) is 6.64. The highest BCUT2D eigenvalue weighted by molar-refractivity contribution is 5.76. The van der Waals surface area contributed by atoms with Gasteiger partial charge in [-0.2, -0.15) is 0 Å². The standard InChI is InChI=1S/C13H23F2NO2/c1-9-3-4-11(7-10(9)2)16-13(17)5-6-18-8-12(14)15/h9-12H,3-8H2,1-2H3,(H,16,17). The van der Waals surface area contributed by atoms with Crippen LogP contribution in [0.5, 0.6) is 0 Å². The Morgan fingerprint density at radius 3 is 2.67 bits per heavy atom. The number of ether oxygens (including phenoxy) is 1. The topological polar surface area (TPSA) is 38.3 Å². The predicted molar refractivity (Wildman–Crippen MR) is 65.5 cm³/mol. The molecule has 1 fully saturated rings. The first kappa shape index (κ1) is 15.3. The summed E-state index contributed by atoms with van der Waals surface area (Å²) in [5, 5.41) is 2.95. The SMILES string of the molecule is CC1CCC(NC(=O)CCOCC(F)F)CC1C. The average molecular weight is 263 g/mol. The highest BCUT2D eigenvalue weighted by Crippen LogP contribution is 2.29. The third-order valence-electron chi connectivity index (χ3n) is 3.68. The van der Waals surface area contributed by atoms with Crippen LogP contribution in [0.4, 0.5) is 8.78 Å². The van der Waals surface area contributed by atoms with Crippen LogP contribution in [-0.4, -0.2) is 31.6 Å². The highest BCUT2D eigenvalue weighted by Gasteiger charge is 2.25. The molecule has 1 saturated carbocycles. The smallest absolute Gasteiger partial charge is 0.261 e. The molecule has 1 amide bonds. The third-order valence-corrected chi connectivity index (χ3v) is 3.68. The Kier molecular flexibility index (Phi) is 6.54. The van der Waals surface area contributed by atoms with Crippen LogP contribution in [0, 0.1) is 11.8 Å². The molecule has 0 bridgehead atoms. The highest BCUT2D eigenvalue weighted by atomic mass is 19.3. The maximum atomic E-state index is 11.8. The number of hydrogen-bond acceptors (Lipinski definition) is 2. The molecule has 0 aromatic rings. The fourth-order valence-corrected chi connectivity index (χ4v) is 2.32. The number of amides is 1. The maximum Gasteiger partial charge on any atom is 0.261 e. The molecule has 1 aliphatic carbocycles. The molecule has 1 N–H and O–H groups in total. The molecule has 0 aromatic heterocycles. The molecule has 0 saturated heterocycles. The van der Waals surface area contributed by atoms with Crippen molar-refractivity contribution in [2.24, 2.45) is 11.8 Å². The van der Waals surface area contributed by atoms with Gasteiger partial charge in [0.15, 0.2) is 0 Å². The number of nitrogens with one attached hydrogen (secondary N) is 1. The summed E-state index contributed by atoms with van der Waals surface area (Å²) in [4.78, 5) is 11.6. The van der Waals surface area contributed by atoms with Crippen molar-refractivity contribution in [1.82, 2.24) is 5.32 Å². The van der Waals surface area contributed by atoms with Gasteiger partial charge in [0, 0.05) is 12.5 Å². The lowest BCUT2D eigenvalue weighted by Crippen LogP contribution is -2.40. The lowest BCUT2D eigenvalue weighted by atomic mass is 9.79. The quantitative estimate of drug-likeness (QED) is 0.748. The zero-order valence-electron chi connectivity index (χ0n) is 11.1. The van der Waals surface area contributed by atoms with Gasteiger partial charge in [0.2, 0.25) is 5.91 Å². The van der Waals surface area contributed by atoms with E-state index in [1.807, 2.05) is 0 Å². The summed E-state index contributed by atoms with van der Waals surface area (Å²) in [7, 11) is 0. The number of carbonyl (C=O) groups is 1. The fraction of sp³-hybridized carbons (Fsp3) is 0.923. The summed E-state index contributed by atoms with van der Waals surface area (Å²) in [6, 6.07) is 0.235. The minimum Gasteiger partial charge on any atom is -0.375 e. The molecule has 0 aromatic carbocycles. The van der Waals surface area contributed by atoms with Gasteiger partial charge in [-0.15, -0.1) is 0 Å². The molecular weight excluding hydrogens is 240 g/mol. The molecule has 1 aliphatic rings. The van der Waals surface area contributed by atoms with Crippen molar-refractivity contribution >= 4 is 5.91 Å². The zero-order chi connectivity index (χ0) is 13.5. The first-order chi connectivity index (χ1) is 8.49. The van der Waals surface area contributed by atoms with Gasteiger partial charge in [-0.05, 0) is 31.1 Å². The minimum atomic E-state index is -2.46. The summed E-state index contributed by atoms with van der Waals surface area (Å²) < 4.78 is 28.3. The predicted octanol–water partition coefficient (Wildman–Crippen LogP) is 2.60. The van der Waals surface area contributed by atoms with E-state index in [-0.39, 0.29) is 25.0 Å². The molecular formula is C13H23F2NO2. The Hall–Kier alpha value is -0.710. The van der Waals surface area contributed by atoms with Crippen LogP contribution in [-0.2, 0) is 9.53 Å². The zero-order valence-corrected chi connectivity index (χ0v) is 11.1. The third kappa shape index (κ3) is 5.76. The molecule has 3 unspecified atom stereocenters. The minimum absolute atomic E-state index is 0.0643. The van der Waals surface area contributed by atoms with E-state index in [1.54, 1.807) is 0 Å². The van der Waals surface area contributed by atoms with E-state index in [2.05, 4.69) is 23.9 Å². The van der Waals surface area contributed by atoms with E-state index in [1.165, 1.54) is 0 Å². The number of carbonyl (C=O) groups excluding carboxylic acids is 1. The first-order valence-corrected chi connectivity index (χ1v) is 6.64. The Bertz CT molecular complexity index is 261. The number of halogens is 2. The monoisotopic (exact) mass is 263 g/mol. The van der Waals surface area contributed by atoms with E-state index in [4.69, 9.17) is 0 Å². The Balaban J connectivity index is 2.12. The van der Waals surface area contributed by atoms with Gasteiger partial charge in [0.1, 0.15) is 6.61 Å². The maximum absolute atomic E-state index is 11.8. The van der Waals surface area contributed by atoms with Crippen LogP contribution in [0.25, 0.3) is 0 Å². The summed E-state index contributed by atoms with van der Waals surface area (Å²) >= 11 is 0. The van der Waals surface area contributed by atoms with Gasteiger partial charge in [0.05, 0.1) is 6.61 Å². The van der Waals surface area contributed by atoms with E-state index >= 15 is 0 Å². The van der Waals surface area contributed by atoms with Crippen molar-refractivity contribution < 1.29 is 18.3 Å². The Morgan fingerprint density at radius 1 is 1.33 bits per heavy atom. The summed E-state index contributed by atoms with van der Waals surface area (Å²) in [6.45, 7) is 3.91. The number of rotatable bonds is 6. The Labute approximate surface area is 107 Å². The fourth-order valence-electron chi connectivity index (χ4n) is 2.32. The van der Waals surface area contributed by atoms with Gasteiger partial charge in [0.25, 0.3) is 6.43 Å². The average Bonchev–Trinajstić information content (AvgIpc) is 2.29. The van der Waals surface area contributed by atoms with Crippen molar-refractivity contribution in [3.8, 4) is 0 Å². The van der Waals surface area contributed by atoms with Crippen LogP contribution in [0.3, 0.4) is 0 Å². The molecule has 0 heterocycles. The molecule has 5 heteroatoms. The van der Waals surface area contributed by atoms with E-state index in [9.17, 15) is 13.6 Å². The van der Waals surface area contributed by atoms with Crippen LogP contribution in [0.2, 0.25) is 0 Å². The molecule has 1 rings (SSSR count). The second kappa shape index (κ2) is 7.67. The second-order valence-corrected chi connectivity index (χ2v) is 5.25. The molecule has 0 radical (unpaired) electrons. The number of alkyl halides is 2. The molecule has 3 atom stereocenters. The van der Waals surface area contributed by atoms with E-state index in [0.717, 1.165) is 19.3 Å². The van der Waals surface area contributed by atoms with Crippen LogP contribution < -0.4 is 5.32 Å². The van der Waals surface area contributed by atoms with Gasteiger partial charge in [-0.3, -0.25) is 4.79 Å². The van der Waals surface area contributed by atoms with Gasteiger partial charge in [-0.25, -0.2) is 8.78 Å². The number of hydrogen-bond donors (Lipinski definition) is 1. The van der Waals surface area contributed by atoms with Gasteiger partial charge in [-0.1, -0.05) is 13.8 Å². The lowest BCUT2D eigenvalue weighted by Gasteiger charge is -2.32. The van der Waals surface area contributed by atoms with E-state index < -0.39 is 13.0 Å². The Morgan fingerprint density at radius 2 is 2.06 bits per heavy atom. The summed E-state index contributed by atoms with van der Waals surface area (Å²) in [5.74, 6) is 1.24. The van der Waals surface area contributed by atoms with Crippen LogP contribution >= 0.6 is 0 Å². The molecule has 3 nitrogen and oxygen atoms in total. The molecule has 0 spiro atoms. The molecule has 0 aliphatic heterocycles. The lowest BCUT2D eigenvalue weighted by molar-refractivity contribution is -0.123. The van der Waals surface area contributed by atoms with Crippen molar-refractivity contribution in [2.75, 3.05) is 13.2 Å². The van der Waals surface area contributed by atoms with Gasteiger partial charge >= 0.3 is 0 Å². The van der Waals surface area contributed by atoms with Crippen LogP contribution in [0.15, 0.2) is 0 Å². The van der Waals surface area contributed by atoms with Crippen molar-refractivity contribution in [3.63, 3.8) is 0 Å². The largest absolute Gasteiger partial charge is 0.375 e. The van der Waals surface area contributed by atoms with Crippen molar-refractivity contribution in [2.45, 2.75) is 52.0 Å². The molecule has 106 valence electrons. The van der Waals surface area contributed by atoms with E-state index in [0.29, 0.717) is 11.8 Å². The van der Waals surface area contributed by atoms with Crippen molar-refractivity contribution in [1.29, 1.82) is 0 Å². The summed E-state index contributed by atoms with van der Waals surface area (Å²) in [6.07, 6.45) is 0.843. The molecule has 18 heavy (non-hydrogen) atoms. The normalized spacial score (nSPS) is 28.4. The second-order valence-electron chi connectivity index (χ2n) is 5.25. The van der Waals surface area contributed by atoms with Gasteiger partial charge < -0.3 is 10.1 Å². The summed E-state index contributed by atoms with van der Waals surface area (Å²) in [5.41, 5.74) is 0.